The lowest BCUT2D eigenvalue weighted by Gasteiger charge is -2.34. The second-order valence-corrected chi connectivity index (χ2v) is 6.94. The number of nitrogens with two attached hydrogens (primary N) is 1. The Morgan fingerprint density at radius 2 is 2.12 bits per heavy atom. The maximum absolute atomic E-state index is 13.0. The number of amides is 2. The Balaban J connectivity index is 0.00000208. The van der Waals surface area contributed by atoms with E-state index in [-0.39, 0.29) is 48.6 Å². The lowest BCUT2D eigenvalue weighted by atomic mass is 9.91. The summed E-state index contributed by atoms with van der Waals surface area (Å²) in [6.45, 7) is 1.30. The highest BCUT2D eigenvalue weighted by Crippen LogP contribution is 2.39. The standard InChI is InChI=1S/C17H22ClN3O2.ClH/c1-20-15(22)9-14(16(20)11-4-2-5-12(18)8-11)17(23)21-7-3-6-13(19)10-21;/h2,4-5,8,13-14,16H,3,6-7,9-10,19H2,1H3;1H. The second kappa shape index (κ2) is 7.72. The SMILES string of the molecule is CN1C(=O)CC(C(=O)N2CCCC(N)C2)C1c1cccc(Cl)c1.Cl. The zero-order valence-corrected chi connectivity index (χ0v) is 15.2. The van der Waals surface area contributed by atoms with E-state index in [0.29, 0.717) is 11.6 Å². The van der Waals surface area contributed by atoms with Crippen molar-refractivity contribution in [2.45, 2.75) is 31.3 Å². The molecule has 5 nitrogen and oxygen atoms in total. The normalized spacial score (nSPS) is 27.1. The van der Waals surface area contributed by atoms with Crippen LogP contribution >= 0.6 is 24.0 Å². The molecule has 2 aliphatic heterocycles. The van der Waals surface area contributed by atoms with Gasteiger partial charge in [-0.05, 0) is 30.5 Å². The summed E-state index contributed by atoms with van der Waals surface area (Å²) < 4.78 is 0. The van der Waals surface area contributed by atoms with Crippen molar-refractivity contribution in [3.63, 3.8) is 0 Å². The molecule has 0 bridgehead atoms. The quantitative estimate of drug-likeness (QED) is 0.866. The first-order chi connectivity index (χ1) is 11.0. The average Bonchev–Trinajstić information content (AvgIpc) is 2.82. The molecule has 1 aromatic carbocycles. The Labute approximate surface area is 153 Å². The molecule has 2 N–H and O–H groups in total. The first kappa shape index (κ1) is 19.0. The maximum Gasteiger partial charge on any atom is 0.228 e. The summed E-state index contributed by atoms with van der Waals surface area (Å²) >= 11 is 6.09. The second-order valence-electron chi connectivity index (χ2n) is 6.50. The molecular weight excluding hydrogens is 349 g/mol. The molecule has 0 aromatic heterocycles. The van der Waals surface area contributed by atoms with Gasteiger partial charge in [-0.3, -0.25) is 9.59 Å². The molecule has 1 aromatic rings. The van der Waals surface area contributed by atoms with Crippen molar-refractivity contribution in [2.24, 2.45) is 11.7 Å². The van der Waals surface area contributed by atoms with Crippen LogP contribution in [0.2, 0.25) is 5.02 Å². The minimum absolute atomic E-state index is 0. The highest BCUT2D eigenvalue weighted by atomic mass is 35.5. The predicted molar refractivity (Wildman–Crippen MR) is 96.1 cm³/mol. The van der Waals surface area contributed by atoms with Crippen LogP contribution in [0.5, 0.6) is 0 Å². The lowest BCUT2D eigenvalue weighted by Crippen LogP contribution is -2.48. The Morgan fingerprint density at radius 3 is 2.79 bits per heavy atom. The van der Waals surface area contributed by atoms with E-state index < -0.39 is 0 Å². The molecule has 7 heteroatoms. The fraction of sp³-hybridized carbons (Fsp3) is 0.529. The molecule has 0 radical (unpaired) electrons. The van der Waals surface area contributed by atoms with Crippen molar-refractivity contribution in [1.82, 2.24) is 9.80 Å². The highest BCUT2D eigenvalue weighted by molar-refractivity contribution is 6.30. The van der Waals surface area contributed by atoms with Gasteiger partial charge in [0.25, 0.3) is 0 Å². The number of carbonyl (C=O) groups is 2. The molecule has 24 heavy (non-hydrogen) atoms. The highest BCUT2D eigenvalue weighted by Gasteiger charge is 2.44. The topological polar surface area (TPSA) is 66.6 Å². The summed E-state index contributed by atoms with van der Waals surface area (Å²) in [5.41, 5.74) is 6.90. The van der Waals surface area contributed by atoms with Gasteiger partial charge in [-0.2, -0.15) is 0 Å². The van der Waals surface area contributed by atoms with Crippen LogP contribution in [0, 0.1) is 5.92 Å². The van der Waals surface area contributed by atoms with Crippen LogP contribution in [0.25, 0.3) is 0 Å². The van der Waals surface area contributed by atoms with E-state index in [9.17, 15) is 9.59 Å². The number of halogens is 2. The van der Waals surface area contributed by atoms with Gasteiger partial charge in [0.1, 0.15) is 0 Å². The van der Waals surface area contributed by atoms with E-state index in [4.69, 9.17) is 17.3 Å². The third-order valence-electron chi connectivity index (χ3n) is 4.86. The predicted octanol–water partition coefficient (Wildman–Crippen LogP) is 2.23. The Kier molecular flexibility index (Phi) is 6.12. The summed E-state index contributed by atoms with van der Waals surface area (Å²) in [7, 11) is 1.75. The number of rotatable bonds is 2. The number of benzene rings is 1. The number of nitrogens with zero attached hydrogens (tertiary/aromatic N) is 2. The van der Waals surface area contributed by atoms with Gasteiger partial charge in [-0.15, -0.1) is 12.4 Å². The van der Waals surface area contributed by atoms with Gasteiger partial charge in [-0.25, -0.2) is 0 Å². The summed E-state index contributed by atoms with van der Waals surface area (Å²) in [6, 6.07) is 7.19. The summed E-state index contributed by atoms with van der Waals surface area (Å²) in [5, 5.41) is 0.612. The Hall–Kier alpha value is -1.30. The van der Waals surface area contributed by atoms with Crippen molar-refractivity contribution in [3.05, 3.63) is 34.9 Å². The van der Waals surface area contributed by atoms with Crippen LogP contribution in [0.15, 0.2) is 24.3 Å². The van der Waals surface area contributed by atoms with Crippen molar-refractivity contribution in [3.8, 4) is 0 Å². The largest absolute Gasteiger partial charge is 0.341 e. The summed E-state index contributed by atoms with van der Waals surface area (Å²) in [5.74, 6) is -0.339. The zero-order chi connectivity index (χ0) is 16.6. The zero-order valence-electron chi connectivity index (χ0n) is 13.7. The third kappa shape index (κ3) is 3.68. The van der Waals surface area contributed by atoms with Crippen LogP contribution in [0.3, 0.4) is 0 Å². The Bertz CT molecular complexity index is 626. The maximum atomic E-state index is 13.0. The number of hydrogen-bond acceptors (Lipinski definition) is 3. The number of likely N-dealkylation sites (tertiary alicyclic amines) is 2. The van der Waals surface area contributed by atoms with Gasteiger partial charge in [-0.1, -0.05) is 23.7 Å². The molecule has 2 saturated heterocycles. The minimum Gasteiger partial charge on any atom is -0.341 e. The molecule has 3 rings (SSSR count). The smallest absolute Gasteiger partial charge is 0.228 e. The van der Waals surface area contributed by atoms with Gasteiger partial charge in [0.15, 0.2) is 0 Å². The van der Waals surface area contributed by atoms with Crippen LogP contribution in [0.1, 0.15) is 30.9 Å². The lowest BCUT2D eigenvalue weighted by molar-refractivity contribution is -0.137. The van der Waals surface area contributed by atoms with E-state index in [1.54, 1.807) is 18.0 Å². The molecule has 2 fully saturated rings. The van der Waals surface area contributed by atoms with Crippen LogP contribution < -0.4 is 5.73 Å². The van der Waals surface area contributed by atoms with Crippen molar-refractivity contribution < 1.29 is 9.59 Å². The van der Waals surface area contributed by atoms with E-state index >= 15 is 0 Å². The van der Waals surface area contributed by atoms with Crippen molar-refractivity contribution in [1.29, 1.82) is 0 Å². The van der Waals surface area contributed by atoms with Gasteiger partial charge >= 0.3 is 0 Å². The molecule has 2 heterocycles. The number of carbonyl (C=O) groups excluding carboxylic acids is 2. The molecule has 0 saturated carbocycles. The van der Waals surface area contributed by atoms with Crippen molar-refractivity contribution >= 4 is 35.8 Å². The van der Waals surface area contributed by atoms with Gasteiger partial charge in [0, 0.05) is 37.6 Å². The third-order valence-corrected chi connectivity index (χ3v) is 5.10. The molecule has 0 spiro atoms. The fourth-order valence-electron chi connectivity index (χ4n) is 3.68. The number of piperidine rings is 1. The van der Waals surface area contributed by atoms with E-state index in [1.807, 2.05) is 23.1 Å². The molecule has 2 aliphatic rings. The van der Waals surface area contributed by atoms with Crippen LogP contribution in [-0.2, 0) is 9.59 Å². The first-order valence-corrected chi connectivity index (χ1v) is 8.40. The molecule has 132 valence electrons. The van der Waals surface area contributed by atoms with Gasteiger partial charge in [0.2, 0.25) is 11.8 Å². The average molecular weight is 372 g/mol. The monoisotopic (exact) mass is 371 g/mol. The van der Waals surface area contributed by atoms with Gasteiger partial charge < -0.3 is 15.5 Å². The minimum atomic E-state index is -0.365. The van der Waals surface area contributed by atoms with Gasteiger partial charge in [0.05, 0.1) is 12.0 Å². The van der Waals surface area contributed by atoms with Crippen LogP contribution in [0.4, 0.5) is 0 Å². The molecular formula is C17H23Cl2N3O2. The Morgan fingerprint density at radius 1 is 1.38 bits per heavy atom. The fourth-order valence-corrected chi connectivity index (χ4v) is 3.88. The summed E-state index contributed by atoms with van der Waals surface area (Å²) in [6.07, 6.45) is 2.12. The van der Waals surface area contributed by atoms with E-state index in [2.05, 4.69) is 0 Å². The van der Waals surface area contributed by atoms with Crippen LogP contribution in [-0.4, -0.2) is 47.8 Å². The van der Waals surface area contributed by atoms with Crippen molar-refractivity contribution in [2.75, 3.05) is 20.1 Å². The van der Waals surface area contributed by atoms with E-state index in [0.717, 1.165) is 24.9 Å². The van der Waals surface area contributed by atoms with E-state index in [1.165, 1.54) is 0 Å². The summed E-state index contributed by atoms with van der Waals surface area (Å²) in [4.78, 5) is 28.7. The molecule has 0 aliphatic carbocycles. The molecule has 2 amide bonds. The number of hydrogen-bond donors (Lipinski definition) is 1. The molecule has 3 atom stereocenters. The first-order valence-electron chi connectivity index (χ1n) is 8.03. The molecule has 3 unspecified atom stereocenters.